The van der Waals surface area contributed by atoms with Crippen LogP contribution in [0.3, 0.4) is 0 Å². The van der Waals surface area contributed by atoms with Crippen molar-refractivity contribution in [2.45, 2.75) is 45.7 Å². The molecule has 102 valence electrons. The predicted molar refractivity (Wildman–Crippen MR) is 77.7 cm³/mol. The van der Waals surface area contributed by atoms with Crippen LogP contribution in [-0.2, 0) is 0 Å². The number of nitrogens with one attached hydrogen (secondary N) is 1. The van der Waals surface area contributed by atoms with Gasteiger partial charge in [0.25, 0.3) is 5.91 Å². The van der Waals surface area contributed by atoms with Crippen molar-refractivity contribution >= 4 is 21.8 Å². The fourth-order valence-electron chi connectivity index (χ4n) is 1.91. The van der Waals surface area contributed by atoms with Gasteiger partial charge in [-0.25, -0.2) is 0 Å². The molecule has 1 amide bonds. The lowest BCUT2D eigenvalue weighted by atomic mass is 10.1. The van der Waals surface area contributed by atoms with Gasteiger partial charge >= 0.3 is 0 Å². The van der Waals surface area contributed by atoms with Gasteiger partial charge in [-0.05, 0) is 42.3 Å². The molecule has 1 aromatic heterocycles. The van der Waals surface area contributed by atoms with Gasteiger partial charge in [0.15, 0.2) is 0 Å². The van der Waals surface area contributed by atoms with Crippen molar-refractivity contribution in [1.82, 2.24) is 9.88 Å². The molecule has 1 aromatic rings. The highest BCUT2D eigenvalue weighted by atomic mass is 79.9. The fourth-order valence-corrected chi connectivity index (χ4v) is 2.35. The van der Waals surface area contributed by atoms with Crippen LogP contribution in [0.1, 0.15) is 50.1 Å². The maximum absolute atomic E-state index is 12.2. The van der Waals surface area contributed by atoms with E-state index < -0.39 is 0 Å². The number of carbonyl (C=O) groups excluding carboxylic acids is 1. The first-order valence-corrected chi connectivity index (χ1v) is 7.17. The fraction of sp³-hybridized carbons (Fsp3) is 0.615. The molecule has 0 aliphatic rings. The number of carbonyl (C=O) groups is 1. The van der Waals surface area contributed by atoms with Gasteiger partial charge < -0.3 is 15.6 Å². The molecule has 0 spiro atoms. The van der Waals surface area contributed by atoms with Crippen molar-refractivity contribution in [3.05, 3.63) is 22.4 Å². The highest BCUT2D eigenvalue weighted by Crippen LogP contribution is 2.19. The van der Waals surface area contributed by atoms with Crippen molar-refractivity contribution < 1.29 is 4.79 Å². The second-order valence-electron chi connectivity index (χ2n) is 4.74. The molecular formula is C13H22BrN3O. The highest BCUT2D eigenvalue weighted by Gasteiger charge is 2.17. The smallest absolute Gasteiger partial charge is 0.268 e. The quantitative estimate of drug-likeness (QED) is 0.848. The van der Waals surface area contributed by atoms with Crippen LogP contribution in [0.25, 0.3) is 0 Å². The molecule has 1 rings (SSSR count). The largest absolute Gasteiger partial charge is 0.347 e. The predicted octanol–water partition coefficient (Wildman–Crippen LogP) is 2.69. The van der Waals surface area contributed by atoms with Crippen molar-refractivity contribution in [3.63, 3.8) is 0 Å². The van der Waals surface area contributed by atoms with Crippen LogP contribution in [0.15, 0.2) is 16.7 Å². The van der Waals surface area contributed by atoms with Crippen molar-refractivity contribution in [1.29, 1.82) is 0 Å². The summed E-state index contributed by atoms with van der Waals surface area (Å²) in [7, 11) is 0. The molecule has 0 fully saturated rings. The summed E-state index contributed by atoms with van der Waals surface area (Å²) >= 11 is 3.41. The zero-order valence-corrected chi connectivity index (χ0v) is 12.8. The van der Waals surface area contributed by atoms with Crippen LogP contribution in [0.5, 0.6) is 0 Å². The molecule has 3 N–H and O–H groups in total. The number of nitrogens with zero attached hydrogens (tertiary/aromatic N) is 1. The maximum Gasteiger partial charge on any atom is 0.268 e. The Hall–Kier alpha value is -0.810. The van der Waals surface area contributed by atoms with E-state index in [1.54, 1.807) is 0 Å². The minimum atomic E-state index is -0.0571. The standard InChI is InChI=1S/C13H22BrN3O/c1-4-5-11(7-15)16-13(18)12-6-10(14)8-17(12)9(2)3/h6,8-9,11H,4-5,7,15H2,1-3H3,(H,16,18). The van der Waals surface area contributed by atoms with Crippen LogP contribution in [0, 0.1) is 0 Å². The Labute approximate surface area is 117 Å². The average Bonchev–Trinajstić information content (AvgIpc) is 2.71. The first-order valence-electron chi connectivity index (χ1n) is 6.37. The molecule has 5 heteroatoms. The van der Waals surface area contributed by atoms with E-state index in [4.69, 9.17) is 5.73 Å². The minimum Gasteiger partial charge on any atom is -0.347 e. The number of hydrogen-bond acceptors (Lipinski definition) is 2. The number of hydrogen-bond donors (Lipinski definition) is 2. The first kappa shape index (κ1) is 15.2. The summed E-state index contributed by atoms with van der Waals surface area (Å²) < 4.78 is 2.88. The lowest BCUT2D eigenvalue weighted by molar-refractivity contribution is 0.0925. The Morgan fingerprint density at radius 2 is 2.22 bits per heavy atom. The lowest BCUT2D eigenvalue weighted by Crippen LogP contribution is -2.40. The molecule has 1 heterocycles. The number of nitrogens with two attached hydrogens (primary N) is 1. The molecule has 0 aliphatic heterocycles. The maximum atomic E-state index is 12.2. The second-order valence-corrected chi connectivity index (χ2v) is 5.66. The van der Waals surface area contributed by atoms with Gasteiger partial charge in [0, 0.05) is 29.3 Å². The monoisotopic (exact) mass is 315 g/mol. The summed E-state index contributed by atoms with van der Waals surface area (Å²) in [6, 6.07) is 2.14. The molecule has 0 saturated heterocycles. The van der Waals surface area contributed by atoms with Crippen molar-refractivity contribution in [3.8, 4) is 0 Å². The van der Waals surface area contributed by atoms with Crippen LogP contribution >= 0.6 is 15.9 Å². The molecule has 1 unspecified atom stereocenters. The molecular weight excluding hydrogens is 294 g/mol. The Kier molecular flexibility index (Phi) is 5.88. The number of amides is 1. The summed E-state index contributed by atoms with van der Waals surface area (Å²) in [5.41, 5.74) is 6.33. The van der Waals surface area contributed by atoms with E-state index in [0.717, 1.165) is 17.3 Å². The average molecular weight is 316 g/mol. The van der Waals surface area contributed by atoms with E-state index in [0.29, 0.717) is 12.2 Å². The summed E-state index contributed by atoms with van der Waals surface area (Å²) in [5, 5.41) is 2.99. The van der Waals surface area contributed by atoms with Gasteiger partial charge in [-0.3, -0.25) is 4.79 Å². The second kappa shape index (κ2) is 6.95. The van der Waals surface area contributed by atoms with Gasteiger partial charge in [0.05, 0.1) is 0 Å². The number of aromatic nitrogens is 1. The molecule has 18 heavy (non-hydrogen) atoms. The molecule has 0 aromatic carbocycles. The van der Waals surface area contributed by atoms with Crippen LogP contribution in [-0.4, -0.2) is 23.1 Å². The van der Waals surface area contributed by atoms with Gasteiger partial charge in [-0.2, -0.15) is 0 Å². The molecule has 1 atom stereocenters. The summed E-state index contributed by atoms with van der Waals surface area (Å²) in [4.78, 5) is 12.2. The van der Waals surface area contributed by atoms with E-state index in [1.807, 2.05) is 16.8 Å². The summed E-state index contributed by atoms with van der Waals surface area (Å²) in [6.07, 6.45) is 3.85. The van der Waals surface area contributed by atoms with Gasteiger partial charge in [0.1, 0.15) is 5.69 Å². The third-order valence-electron chi connectivity index (χ3n) is 2.86. The third-order valence-corrected chi connectivity index (χ3v) is 3.29. The van der Waals surface area contributed by atoms with E-state index in [9.17, 15) is 4.79 Å². The van der Waals surface area contributed by atoms with E-state index in [-0.39, 0.29) is 18.0 Å². The summed E-state index contributed by atoms with van der Waals surface area (Å²) in [5.74, 6) is -0.0571. The zero-order chi connectivity index (χ0) is 13.7. The summed E-state index contributed by atoms with van der Waals surface area (Å²) in [6.45, 7) is 6.66. The highest BCUT2D eigenvalue weighted by molar-refractivity contribution is 9.10. The van der Waals surface area contributed by atoms with Gasteiger partial charge in [0.2, 0.25) is 0 Å². The van der Waals surface area contributed by atoms with Gasteiger partial charge in [-0.1, -0.05) is 13.3 Å². The van der Waals surface area contributed by atoms with Crippen molar-refractivity contribution in [2.24, 2.45) is 5.73 Å². The van der Waals surface area contributed by atoms with Gasteiger partial charge in [-0.15, -0.1) is 0 Å². The Bertz CT molecular complexity index is 401. The Morgan fingerprint density at radius 3 is 2.72 bits per heavy atom. The molecule has 0 radical (unpaired) electrons. The first-order chi connectivity index (χ1) is 8.49. The topological polar surface area (TPSA) is 60.0 Å². The normalized spacial score (nSPS) is 12.8. The van der Waals surface area contributed by atoms with Crippen LogP contribution in [0.2, 0.25) is 0 Å². The van der Waals surface area contributed by atoms with Crippen molar-refractivity contribution in [2.75, 3.05) is 6.54 Å². The van der Waals surface area contributed by atoms with Crippen LogP contribution in [0.4, 0.5) is 0 Å². The molecule has 0 aliphatic carbocycles. The Morgan fingerprint density at radius 1 is 1.56 bits per heavy atom. The Balaban J connectivity index is 2.83. The van der Waals surface area contributed by atoms with E-state index in [1.165, 1.54) is 0 Å². The van der Waals surface area contributed by atoms with E-state index in [2.05, 4.69) is 42.0 Å². The molecule has 4 nitrogen and oxygen atoms in total. The lowest BCUT2D eigenvalue weighted by Gasteiger charge is -2.18. The van der Waals surface area contributed by atoms with Crippen LogP contribution < -0.4 is 11.1 Å². The number of rotatable bonds is 6. The molecule has 0 bridgehead atoms. The third kappa shape index (κ3) is 3.85. The molecule has 0 saturated carbocycles. The zero-order valence-electron chi connectivity index (χ0n) is 11.2. The van der Waals surface area contributed by atoms with E-state index >= 15 is 0 Å². The SMILES string of the molecule is CCCC(CN)NC(=O)c1cc(Br)cn1C(C)C. The minimum absolute atomic E-state index is 0.0526. The number of halogens is 1.